The molecule has 1 amide bonds. The second-order valence-electron chi connectivity index (χ2n) is 9.75. The minimum absolute atomic E-state index is 0.0130. The monoisotopic (exact) mass is 433 g/mol. The first-order valence-corrected chi connectivity index (χ1v) is 11.0. The lowest BCUT2D eigenvalue weighted by Gasteiger charge is -2.43. The fourth-order valence-corrected chi connectivity index (χ4v) is 5.15. The topological polar surface area (TPSA) is 55.8 Å². The number of carbonyl (C=O) groups excluding carboxylic acids is 2. The number of rotatable bonds is 4. The summed E-state index contributed by atoms with van der Waals surface area (Å²) in [6, 6.07) is 11.8. The number of nitrogens with zero attached hydrogens (tertiary/aromatic N) is 1. The molecule has 4 rings (SSSR count). The van der Waals surface area contributed by atoms with Crippen molar-refractivity contribution >= 4 is 17.4 Å². The van der Waals surface area contributed by atoms with Crippen LogP contribution in [0.15, 0.2) is 47.7 Å². The van der Waals surface area contributed by atoms with E-state index in [1.54, 1.807) is 19.1 Å². The fraction of sp³-hybridized carbons (Fsp3) is 0.407. The summed E-state index contributed by atoms with van der Waals surface area (Å²) in [5.41, 5.74) is 5.33. The lowest BCUT2D eigenvalue weighted by Crippen LogP contribution is -2.43. The maximum Gasteiger partial charge on any atom is 0.232 e. The van der Waals surface area contributed by atoms with Crippen molar-refractivity contribution < 1.29 is 19.1 Å². The van der Waals surface area contributed by atoms with Gasteiger partial charge in [0.15, 0.2) is 17.3 Å². The Balaban J connectivity index is 1.90. The van der Waals surface area contributed by atoms with Crippen molar-refractivity contribution in [3.63, 3.8) is 0 Å². The smallest absolute Gasteiger partial charge is 0.232 e. The van der Waals surface area contributed by atoms with Crippen LogP contribution in [0.3, 0.4) is 0 Å². The lowest BCUT2D eigenvalue weighted by atomic mass is 9.69. The Hall–Kier alpha value is -3.08. The minimum atomic E-state index is -0.289. The third-order valence-corrected chi connectivity index (χ3v) is 6.42. The normalized spacial score (nSPS) is 20.3. The van der Waals surface area contributed by atoms with Crippen LogP contribution < -0.4 is 14.4 Å². The average Bonchev–Trinajstić information content (AvgIpc) is 2.70. The van der Waals surface area contributed by atoms with Crippen molar-refractivity contribution in [1.29, 1.82) is 0 Å². The van der Waals surface area contributed by atoms with Gasteiger partial charge in [-0.25, -0.2) is 0 Å². The van der Waals surface area contributed by atoms with Crippen molar-refractivity contribution in [1.82, 2.24) is 0 Å². The molecule has 32 heavy (non-hydrogen) atoms. The van der Waals surface area contributed by atoms with E-state index in [0.29, 0.717) is 24.3 Å². The first-order chi connectivity index (χ1) is 15.1. The molecule has 0 spiro atoms. The molecule has 0 saturated heterocycles. The van der Waals surface area contributed by atoms with Gasteiger partial charge in [-0.2, -0.15) is 0 Å². The third-order valence-electron chi connectivity index (χ3n) is 6.42. The van der Waals surface area contributed by atoms with Crippen molar-refractivity contribution in [3.8, 4) is 11.5 Å². The second-order valence-corrected chi connectivity index (χ2v) is 9.75. The zero-order valence-electron chi connectivity index (χ0n) is 19.7. The predicted octanol–water partition coefficient (Wildman–Crippen LogP) is 5.48. The van der Waals surface area contributed by atoms with Gasteiger partial charge in [-0.15, -0.1) is 0 Å². The number of benzene rings is 2. The van der Waals surface area contributed by atoms with Gasteiger partial charge in [0.25, 0.3) is 0 Å². The summed E-state index contributed by atoms with van der Waals surface area (Å²) in [5.74, 6) is 1.07. The molecule has 2 aromatic rings. The molecule has 2 aliphatic rings. The van der Waals surface area contributed by atoms with E-state index >= 15 is 0 Å². The molecule has 2 aromatic carbocycles. The van der Waals surface area contributed by atoms with Crippen LogP contribution in [0.1, 0.15) is 55.7 Å². The van der Waals surface area contributed by atoms with Crippen LogP contribution in [0.2, 0.25) is 0 Å². The molecule has 0 bridgehead atoms. The van der Waals surface area contributed by atoms with E-state index < -0.39 is 0 Å². The molecule has 0 saturated carbocycles. The molecule has 0 aromatic heterocycles. The molecule has 1 aliphatic carbocycles. The molecule has 1 heterocycles. The van der Waals surface area contributed by atoms with Gasteiger partial charge in [0, 0.05) is 35.7 Å². The zero-order valence-corrected chi connectivity index (χ0v) is 19.7. The maximum absolute atomic E-state index is 13.6. The fourth-order valence-electron chi connectivity index (χ4n) is 5.15. The summed E-state index contributed by atoms with van der Waals surface area (Å²) in [4.78, 5) is 28.8. The zero-order chi connectivity index (χ0) is 23.2. The largest absolute Gasteiger partial charge is 0.493 e. The maximum atomic E-state index is 13.6. The first kappa shape index (κ1) is 22.1. The van der Waals surface area contributed by atoms with Crippen molar-refractivity contribution in [3.05, 3.63) is 64.4 Å². The Morgan fingerprint density at radius 3 is 2.19 bits per heavy atom. The number of allylic oxidation sites excluding steroid dienone is 2. The minimum Gasteiger partial charge on any atom is -0.493 e. The molecule has 0 radical (unpaired) electrons. The molecule has 0 N–H and O–H groups in total. The summed E-state index contributed by atoms with van der Waals surface area (Å²) in [6.45, 7) is 8.25. The van der Waals surface area contributed by atoms with E-state index in [1.807, 2.05) is 44.2 Å². The van der Waals surface area contributed by atoms with E-state index in [4.69, 9.17) is 9.47 Å². The van der Waals surface area contributed by atoms with Crippen LogP contribution in [0.4, 0.5) is 5.69 Å². The number of ether oxygens (including phenoxy) is 2. The van der Waals surface area contributed by atoms with Crippen LogP contribution in [-0.4, -0.2) is 25.9 Å². The van der Waals surface area contributed by atoms with Crippen LogP contribution >= 0.6 is 0 Å². The molecular formula is C27H31NO4. The SMILES string of the molecule is COc1ccc(C2CC(=O)N(c3cc(C)cc(C)c3)C3=C2C(=O)CC(C)(C)C3)cc1OC. The Morgan fingerprint density at radius 1 is 0.906 bits per heavy atom. The highest BCUT2D eigenvalue weighted by atomic mass is 16.5. The van der Waals surface area contributed by atoms with Crippen LogP contribution in [0.25, 0.3) is 0 Å². The highest BCUT2D eigenvalue weighted by molar-refractivity contribution is 6.07. The Bertz CT molecular complexity index is 1110. The number of Topliss-reactive ketones (excluding diaryl/α,β-unsaturated/α-hetero) is 1. The molecule has 1 atom stereocenters. The molecule has 1 aliphatic heterocycles. The molecule has 5 heteroatoms. The Labute approximate surface area is 190 Å². The number of carbonyl (C=O) groups is 2. The van der Waals surface area contributed by atoms with Crippen molar-refractivity contribution in [2.45, 2.75) is 52.9 Å². The quantitative estimate of drug-likeness (QED) is 0.640. The third kappa shape index (κ3) is 3.92. The lowest BCUT2D eigenvalue weighted by molar-refractivity contribution is -0.121. The second kappa shape index (κ2) is 8.12. The summed E-state index contributed by atoms with van der Waals surface area (Å²) in [5, 5.41) is 0. The number of methoxy groups -OCH3 is 2. The molecule has 0 fully saturated rings. The van der Waals surface area contributed by atoms with Crippen LogP contribution in [0, 0.1) is 19.3 Å². The molecule has 5 nitrogen and oxygen atoms in total. The van der Waals surface area contributed by atoms with Crippen molar-refractivity contribution in [2.75, 3.05) is 19.1 Å². The predicted molar refractivity (Wildman–Crippen MR) is 125 cm³/mol. The van der Waals surface area contributed by atoms with Crippen molar-refractivity contribution in [2.24, 2.45) is 5.41 Å². The van der Waals surface area contributed by atoms with Gasteiger partial charge in [0.2, 0.25) is 5.91 Å². The standard InChI is InChI=1S/C27H31NO4/c1-16-9-17(2)11-19(10-16)28-21-14-27(3,4)15-22(29)26(21)20(13-25(28)30)18-7-8-23(31-5)24(12-18)32-6/h7-12,20H,13-15H2,1-6H3. The highest BCUT2D eigenvalue weighted by Gasteiger charge is 2.44. The Kier molecular flexibility index (Phi) is 5.61. The number of ketones is 1. The van der Waals surface area contributed by atoms with Gasteiger partial charge in [0.05, 0.1) is 14.2 Å². The Morgan fingerprint density at radius 2 is 1.56 bits per heavy atom. The molecular weight excluding hydrogens is 402 g/mol. The number of anilines is 1. The van der Waals surface area contributed by atoms with Gasteiger partial charge in [-0.3, -0.25) is 14.5 Å². The summed E-state index contributed by atoms with van der Waals surface area (Å²) in [7, 11) is 3.19. The van der Waals surface area contributed by atoms with Gasteiger partial charge in [0.1, 0.15) is 0 Å². The van der Waals surface area contributed by atoms with Gasteiger partial charge in [-0.05, 0) is 66.6 Å². The number of hydrogen-bond donors (Lipinski definition) is 0. The number of amides is 1. The van der Waals surface area contributed by atoms with Crippen LogP contribution in [0.5, 0.6) is 11.5 Å². The number of hydrogen-bond acceptors (Lipinski definition) is 4. The van der Waals surface area contributed by atoms with Crippen LogP contribution in [-0.2, 0) is 9.59 Å². The van der Waals surface area contributed by atoms with E-state index in [2.05, 4.69) is 19.9 Å². The van der Waals surface area contributed by atoms with E-state index in [0.717, 1.165) is 33.6 Å². The molecule has 1 unspecified atom stereocenters. The highest BCUT2D eigenvalue weighted by Crippen LogP contribution is 2.49. The summed E-state index contributed by atoms with van der Waals surface area (Å²) in [6.07, 6.45) is 1.40. The first-order valence-electron chi connectivity index (χ1n) is 11.0. The van der Waals surface area contributed by atoms with Gasteiger partial charge in [-0.1, -0.05) is 26.0 Å². The summed E-state index contributed by atoms with van der Waals surface area (Å²) < 4.78 is 10.9. The summed E-state index contributed by atoms with van der Waals surface area (Å²) >= 11 is 0. The van der Waals surface area contributed by atoms with E-state index in [1.165, 1.54) is 0 Å². The van der Waals surface area contributed by atoms with Gasteiger partial charge < -0.3 is 9.47 Å². The average molecular weight is 434 g/mol. The van der Waals surface area contributed by atoms with E-state index in [9.17, 15) is 9.59 Å². The molecule has 168 valence electrons. The van der Waals surface area contributed by atoms with Gasteiger partial charge >= 0.3 is 0 Å². The van der Waals surface area contributed by atoms with E-state index in [-0.39, 0.29) is 29.4 Å². The number of aryl methyl sites for hydroxylation is 2.